The number of carbonyl (C=O) groups excluding carboxylic acids is 2. The number of aromatic nitrogens is 2. The van der Waals surface area contributed by atoms with Gasteiger partial charge in [0, 0.05) is 31.0 Å². The van der Waals surface area contributed by atoms with Gasteiger partial charge in [-0.15, -0.1) is 0 Å². The Morgan fingerprint density at radius 1 is 1.15 bits per heavy atom. The summed E-state index contributed by atoms with van der Waals surface area (Å²) in [6, 6.07) is 14.3. The lowest BCUT2D eigenvalue weighted by molar-refractivity contribution is 0.0600. The number of hydrogen-bond donors (Lipinski definition) is 2. The number of urea groups is 1. The third-order valence-electron chi connectivity index (χ3n) is 4.08. The molecule has 0 saturated heterocycles. The Hall–Kier alpha value is -3.61. The summed E-state index contributed by atoms with van der Waals surface area (Å²) in [6.07, 6.45) is 3.55. The van der Waals surface area contributed by atoms with Crippen molar-refractivity contribution < 1.29 is 14.3 Å². The summed E-state index contributed by atoms with van der Waals surface area (Å²) in [5.41, 5.74) is 3.98. The van der Waals surface area contributed by atoms with Gasteiger partial charge in [-0.25, -0.2) is 9.59 Å². The number of anilines is 1. The molecule has 3 rings (SSSR count). The van der Waals surface area contributed by atoms with E-state index < -0.39 is 5.97 Å². The third kappa shape index (κ3) is 4.52. The average molecular weight is 364 g/mol. The Bertz CT molecular complexity index is 921. The highest BCUT2D eigenvalue weighted by Gasteiger charge is 2.12. The Labute approximate surface area is 157 Å². The molecule has 0 aliphatic heterocycles. The van der Waals surface area contributed by atoms with Crippen molar-refractivity contribution in [2.45, 2.75) is 6.54 Å². The van der Waals surface area contributed by atoms with Crippen LogP contribution in [-0.4, -0.2) is 41.3 Å². The maximum atomic E-state index is 12.4. The fourth-order valence-corrected chi connectivity index (χ4v) is 2.63. The molecule has 0 bridgehead atoms. The maximum absolute atomic E-state index is 12.4. The minimum absolute atomic E-state index is 0.241. The number of esters is 1. The van der Waals surface area contributed by atoms with Crippen molar-refractivity contribution in [1.82, 2.24) is 15.1 Å². The van der Waals surface area contributed by atoms with Crippen LogP contribution in [0.15, 0.2) is 60.9 Å². The highest BCUT2D eigenvalue weighted by molar-refractivity contribution is 5.90. The number of H-pyrrole nitrogens is 1. The number of hydrogen-bond acceptors (Lipinski definition) is 4. The zero-order valence-electron chi connectivity index (χ0n) is 15.1. The molecule has 7 heteroatoms. The van der Waals surface area contributed by atoms with Gasteiger partial charge < -0.3 is 15.0 Å². The first-order chi connectivity index (χ1) is 13.1. The molecule has 3 aromatic rings. The van der Waals surface area contributed by atoms with Gasteiger partial charge in [-0.1, -0.05) is 24.3 Å². The van der Waals surface area contributed by atoms with E-state index in [1.807, 2.05) is 36.5 Å². The number of methoxy groups -OCH3 is 1. The topological polar surface area (TPSA) is 87.3 Å². The van der Waals surface area contributed by atoms with Crippen molar-refractivity contribution in [1.29, 1.82) is 0 Å². The summed E-state index contributed by atoms with van der Waals surface area (Å²) >= 11 is 0. The van der Waals surface area contributed by atoms with E-state index in [0.29, 0.717) is 17.8 Å². The van der Waals surface area contributed by atoms with E-state index in [9.17, 15) is 9.59 Å². The van der Waals surface area contributed by atoms with Gasteiger partial charge in [0.05, 0.1) is 18.9 Å². The molecule has 0 spiro atoms. The summed E-state index contributed by atoms with van der Waals surface area (Å²) in [5.74, 6) is -0.401. The number of amides is 2. The average Bonchev–Trinajstić information content (AvgIpc) is 3.23. The minimum Gasteiger partial charge on any atom is -0.465 e. The van der Waals surface area contributed by atoms with Crippen LogP contribution in [0.3, 0.4) is 0 Å². The molecule has 0 aliphatic carbocycles. The number of ether oxygens (including phenoxy) is 1. The summed E-state index contributed by atoms with van der Waals surface area (Å²) in [7, 11) is 3.03. The Morgan fingerprint density at radius 2 is 1.93 bits per heavy atom. The summed E-state index contributed by atoms with van der Waals surface area (Å²) < 4.78 is 4.72. The maximum Gasteiger partial charge on any atom is 0.337 e. The van der Waals surface area contributed by atoms with Crippen LogP contribution in [0.25, 0.3) is 11.1 Å². The van der Waals surface area contributed by atoms with Crippen molar-refractivity contribution in [3.8, 4) is 11.1 Å². The molecular weight excluding hydrogens is 344 g/mol. The van der Waals surface area contributed by atoms with E-state index in [1.165, 1.54) is 7.11 Å². The number of carbonyl (C=O) groups is 2. The van der Waals surface area contributed by atoms with Crippen molar-refractivity contribution in [3.63, 3.8) is 0 Å². The van der Waals surface area contributed by atoms with E-state index in [2.05, 4.69) is 15.5 Å². The molecular formula is C20H20N4O3. The van der Waals surface area contributed by atoms with Crippen LogP contribution in [-0.2, 0) is 11.3 Å². The molecule has 27 heavy (non-hydrogen) atoms. The predicted molar refractivity (Wildman–Crippen MR) is 102 cm³/mol. The lowest BCUT2D eigenvalue weighted by Gasteiger charge is -2.18. The van der Waals surface area contributed by atoms with Crippen molar-refractivity contribution in [2.75, 3.05) is 19.5 Å². The molecule has 2 aromatic carbocycles. The van der Waals surface area contributed by atoms with E-state index in [0.717, 1.165) is 16.7 Å². The largest absolute Gasteiger partial charge is 0.465 e. The molecule has 0 atom stereocenters. The number of rotatable bonds is 5. The molecule has 0 aliphatic rings. The fraction of sp³-hybridized carbons (Fsp3) is 0.150. The second-order valence-corrected chi connectivity index (χ2v) is 6.04. The van der Waals surface area contributed by atoms with Crippen LogP contribution in [0.2, 0.25) is 0 Å². The molecule has 2 N–H and O–H groups in total. The quantitative estimate of drug-likeness (QED) is 0.678. The standard InChI is InChI=1S/C20H20N4O3/c1-24(13-14-4-3-5-16(10-14)19(25)27-2)20(26)23-18-8-6-15(7-9-18)17-11-21-22-12-17/h3-12H,13H2,1-2H3,(H,21,22)(H,23,26). The van der Waals surface area contributed by atoms with Gasteiger partial charge in [-0.05, 0) is 35.4 Å². The van der Waals surface area contributed by atoms with Gasteiger partial charge in [-0.2, -0.15) is 5.10 Å². The lowest BCUT2D eigenvalue weighted by Crippen LogP contribution is -2.30. The second kappa shape index (κ2) is 8.18. The van der Waals surface area contributed by atoms with Gasteiger partial charge in [0.25, 0.3) is 0 Å². The van der Waals surface area contributed by atoms with Gasteiger partial charge >= 0.3 is 12.0 Å². The van der Waals surface area contributed by atoms with Crippen LogP contribution < -0.4 is 5.32 Å². The number of nitrogens with one attached hydrogen (secondary N) is 2. The molecule has 1 aromatic heterocycles. The first-order valence-electron chi connectivity index (χ1n) is 8.35. The predicted octanol–water partition coefficient (Wildman–Crippen LogP) is 3.53. The van der Waals surface area contributed by atoms with Gasteiger partial charge in [-0.3, -0.25) is 5.10 Å². The molecule has 7 nitrogen and oxygen atoms in total. The highest BCUT2D eigenvalue weighted by Crippen LogP contribution is 2.20. The monoisotopic (exact) mass is 364 g/mol. The van der Waals surface area contributed by atoms with Crippen molar-refractivity contribution in [2.24, 2.45) is 0 Å². The second-order valence-electron chi connectivity index (χ2n) is 6.04. The number of aromatic amines is 1. The molecule has 138 valence electrons. The number of benzene rings is 2. The van der Waals surface area contributed by atoms with Gasteiger partial charge in [0.2, 0.25) is 0 Å². The van der Waals surface area contributed by atoms with Crippen molar-refractivity contribution >= 4 is 17.7 Å². The Morgan fingerprint density at radius 3 is 2.59 bits per heavy atom. The zero-order chi connectivity index (χ0) is 19.2. The Balaban J connectivity index is 1.61. The summed E-state index contributed by atoms with van der Waals surface area (Å²) in [6.45, 7) is 0.365. The van der Waals surface area contributed by atoms with Crippen LogP contribution in [0.1, 0.15) is 15.9 Å². The summed E-state index contributed by atoms with van der Waals surface area (Å²) in [5, 5.41) is 9.55. The molecule has 0 unspecified atom stereocenters. The van der Waals surface area contributed by atoms with E-state index in [1.54, 1.807) is 36.3 Å². The van der Waals surface area contributed by atoms with Crippen LogP contribution in [0.4, 0.5) is 10.5 Å². The van der Waals surface area contributed by atoms with E-state index in [-0.39, 0.29) is 6.03 Å². The number of nitrogens with zero attached hydrogens (tertiary/aromatic N) is 2. The fourth-order valence-electron chi connectivity index (χ4n) is 2.63. The van der Waals surface area contributed by atoms with Gasteiger partial charge in [0.15, 0.2) is 0 Å². The van der Waals surface area contributed by atoms with E-state index >= 15 is 0 Å². The third-order valence-corrected chi connectivity index (χ3v) is 4.08. The molecule has 0 radical (unpaired) electrons. The first-order valence-corrected chi connectivity index (χ1v) is 8.35. The highest BCUT2D eigenvalue weighted by atomic mass is 16.5. The van der Waals surface area contributed by atoms with Crippen LogP contribution >= 0.6 is 0 Å². The van der Waals surface area contributed by atoms with Crippen LogP contribution in [0, 0.1) is 0 Å². The molecule has 0 fully saturated rings. The zero-order valence-corrected chi connectivity index (χ0v) is 15.1. The smallest absolute Gasteiger partial charge is 0.337 e. The lowest BCUT2D eigenvalue weighted by atomic mass is 10.1. The van der Waals surface area contributed by atoms with Crippen LogP contribution in [0.5, 0.6) is 0 Å². The Kier molecular flexibility index (Phi) is 5.51. The first kappa shape index (κ1) is 18.2. The van der Waals surface area contributed by atoms with Gasteiger partial charge in [0.1, 0.15) is 0 Å². The molecule has 2 amide bonds. The normalized spacial score (nSPS) is 10.3. The minimum atomic E-state index is -0.401. The van der Waals surface area contributed by atoms with Crippen molar-refractivity contribution in [3.05, 3.63) is 72.1 Å². The molecule has 0 saturated carbocycles. The SMILES string of the molecule is COC(=O)c1cccc(CN(C)C(=O)Nc2ccc(-c3cn[nH]c3)cc2)c1. The molecule has 1 heterocycles. The van der Waals surface area contributed by atoms with E-state index in [4.69, 9.17) is 4.74 Å². The summed E-state index contributed by atoms with van der Waals surface area (Å²) in [4.78, 5) is 25.6.